The molecule has 0 fully saturated rings. The van der Waals surface area contributed by atoms with Gasteiger partial charge in [-0.3, -0.25) is 19.2 Å². The summed E-state index contributed by atoms with van der Waals surface area (Å²) < 4.78 is 78.1. The minimum absolute atomic E-state index is 0.0814. The summed E-state index contributed by atoms with van der Waals surface area (Å²) in [6.07, 6.45) is -9.34. The second-order valence-corrected chi connectivity index (χ2v) is 7.92. The van der Waals surface area contributed by atoms with E-state index in [-0.39, 0.29) is 22.5 Å². The summed E-state index contributed by atoms with van der Waals surface area (Å²) in [5.74, 6) is -3.81. The molecule has 0 saturated carbocycles. The third-order valence-corrected chi connectivity index (χ3v) is 5.61. The molecule has 0 atom stereocenters. The molecule has 186 valence electrons. The van der Waals surface area contributed by atoms with Gasteiger partial charge in [0.1, 0.15) is 0 Å². The molecule has 0 spiro atoms. The van der Waals surface area contributed by atoms with Crippen molar-refractivity contribution in [3.05, 3.63) is 81.9 Å². The van der Waals surface area contributed by atoms with E-state index in [9.17, 15) is 45.5 Å². The predicted octanol–water partition coefficient (Wildman–Crippen LogP) is 4.62. The van der Waals surface area contributed by atoms with Crippen LogP contribution in [0.25, 0.3) is 11.4 Å². The van der Waals surface area contributed by atoms with Gasteiger partial charge in [-0.2, -0.15) is 26.3 Å². The van der Waals surface area contributed by atoms with Crippen LogP contribution in [0.15, 0.2) is 59.7 Å². The maximum absolute atomic E-state index is 13.3. The van der Waals surface area contributed by atoms with Crippen LogP contribution in [0, 0.1) is 0 Å². The Balaban J connectivity index is 1.99. The van der Waals surface area contributed by atoms with Crippen LogP contribution in [0.4, 0.5) is 26.3 Å². The van der Waals surface area contributed by atoms with Gasteiger partial charge in [-0.15, -0.1) is 0 Å². The molecule has 0 saturated heterocycles. The molecule has 2 aromatic rings. The molecule has 0 N–H and O–H groups in total. The summed E-state index contributed by atoms with van der Waals surface area (Å²) in [4.78, 5) is 52.6. The Labute approximate surface area is 199 Å². The first-order valence-electron chi connectivity index (χ1n) is 10.2. The fourth-order valence-electron chi connectivity index (χ4n) is 4.09. The molecule has 0 bridgehead atoms. The van der Waals surface area contributed by atoms with Gasteiger partial charge in [0.2, 0.25) is 11.8 Å². The van der Waals surface area contributed by atoms with Crippen LogP contribution >= 0.6 is 0 Å². The number of rotatable bonds is 2. The van der Waals surface area contributed by atoms with Crippen molar-refractivity contribution in [2.24, 2.45) is 0 Å². The van der Waals surface area contributed by atoms with Crippen molar-refractivity contribution >= 4 is 35.0 Å². The van der Waals surface area contributed by atoms with Crippen molar-refractivity contribution in [2.75, 3.05) is 0 Å². The van der Waals surface area contributed by atoms with Gasteiger partial charge >= 0.3 is 12.4 Å². The van der Waals surface area contributed by atoms with Gasteiger partial charge in [-0.05, 0) is 35.4 Å². The van der Waals surface area contributed by atoms with Gasteiger partial charge in [0, 0.05) is 13.8 Å². The number of benzene rings is 2. The highest BCUT2D eigenvalue weighted by Crippen LogP contribution is 2.47. The highest BCUT2D eigenvalue weighted by molar-refractivity contribution is 6.35. The normalized spacial score (nSPS) is 16.3. The van der Waals surface area contributed by atoms with E-state index in [0.29, 0.717) is 34.1 Å². The smallest absolute Gasteiger partial charge is 0.274 e. The highest BCUT2D eigenvalue weighted by Gasteiger charge is 2.51. The number of hydrogen-bond donors (Lipinski definition) is 0. The lowest BCUT2D eigenvalue weighted by molar-refractivity contribution is -0.138. The molecular formula is C24H14F6N2O4. The molecular weight excluding hydrogens is 494 g/mol. The van der Waals surface area contributed by atoms with E-state index in [1.54, 1.807) is 0 Å². The predicted molar refractivity (Wildman–Crippen MR) is 112 cm³/mol. The van der Waals surface area contributed by atoms with Gasteiger partial charge < -0.3 is 0 Å². The number of amides is 4. The number of halogens is 6. The van der Waals surface area contributed by atoms with Crippen molar-refractivity contribution in [1.82, 2.24) is 9.80 Å². The zero-order chi connectivity index (χ0) is 26.7. The standard InChI is InChI=1S/C24H14F6N2O4/c1-11(33)31-19(13-3-7-15(8-4-13)23(25,26)27)17-18(21(31)35)20(32(12(2)34)22(17)36)14-5-9-16(10-6-14)24(28,29)30/h3-10H,1-2H3. The first-order valence-corrected chi connectivity index (χ1v) is 10.2. The quantitative estimate of drug-likeness (QED) is 0.555. The Hall–Kier alpha value is -4.22. The van der Waals surface area contributed by atoms with Gasteiger partial charge in [-0.25, -0.2) is 9.80 Å². The van der Waals surface area contributed by atoms with Gasteiger partial charge in [0.05, 0.1) is 33.7 Å². The summed E-state index contributed by atoms with van der Waals surface area (Å²) in [5, 5.41) is 0. The maximum atomic E-state index is 13.3. The molecule has 0 aliphatic carbocycles. The molecule has 6 nitrogen and oxygen atoms in total. The Morgan fingerprint density at radius 3 is 1.08 bits per heavy atom. The van der Waals surface area contributed by atoms with Crippen LogP contribution in [-0.2, 0) is 31.5 Å². The van der Waals surface area contributed by atoms with Crippen molar-refractivity contribution < 1.29 is 45.5 Å². The molecule has 0 aromatic heterocycles. The van der Waals surface area contributed by atoms with E-state index in [2.05, 4.69) is 0 Å². The molecule has 12 heteroatoms. The van der Waals surface area contributed by atoms with Crippen LogP contribution in [0.2, 0.25) is 0 Å². The SMILES string of the molecule is CC(=O)N1C(=O)C2=C(c3ccc(C(F)(F)F)cc3)N(C(C)=O)C(=O)C2=C1c1ccc(C(F)(F)F)cc1. The molecule has 4 amide bonds. The summed E-state index contributed by atoms with van der Waals surface area (Å²) in [6, 6.07) is 6.69. The zero-order valence-electron chi connectivity index (χ0n) is 18.4. The van der Waals surface area contributed by atoms with Gasteiger partial charge in [-0.1, -0.05) is 24.3 Å². The molecule has 0 unspecified atom stereocenters. The summed E-state index contributed by atoms with van der Waals surface area (Å²) in [5.41, 5.74) is -3.67. The molecule has 2 aliphatic rings. The number of carbonyl (C=O) groups is 4. The van der Waals surface area contributed by atoms with E-state index in [1.165, 1.54) is 0 Å². The van der Waals surface area contributed by atoms with Gasteiger partial charge in [0.15, 0.2) is 0 Å². The Kier molecular flexibility index (Phi) is 5.65. The second kappa shape index (κ2) is 8.18. The fourth-order valence-corrected chi connectivity index (χ4v) is 4.09. The molecule has 2 aromatic carbocycles. The fraction of sp³-hybridized carbons (Fsp3) is 0.167. The number of hydrogen-bond acceptors (Lipinski definition) is 4. The first kappa shape index (κ1) is 24.9. The average Bonchev–Trinajstić information content (AvgIpc) is 3.25. The van der Waals surface area contributed by atoms with E-state index in [0.717, 1.165) is 38.1 Å². The largest absolute Gasteiger partial charge is 0.416 e. The minimum Gasteiger partial charge on any atom is -0.274 e. The van der Waals surface area contributed by atoms with Crippen LogP contribution in [0.1, 0.15) is 36.1 Å². The minimum atomic E-state index is -4.67. The van der Waals surface area contributed by atoms with E-state index in [1.807, 2.05) is 0 Å². The Bertz CT molecular complexity index is 1280. The van der Waals surface area contributed by atoms with E-state index < -0.39 is 58.3 Å². The van der Waals surface area contributed by atoms with Crippen molar-refractivity contribution in [2.45, 2.75) is 26.2 Å². The number of nitrogens with zero attached hydrogens (tertiary/aromatic N) is 2. The number of alkyl halides is 6. The van der Waals surface area contributed by atoms with E-state index >= 15 is 0 Å². The topological polar surface area (TPSA) is 74.8 Å². The lowest BCUT2D eigenvalue weighted by Crippen LogP contribution is -2.34. The number of carbonyl (C=O) groups excluding carboxylic acids is 4. The third-order valence-electron chi connectivity index (χ3n) is 5.61. The van der Waals surface area contributed by atoms with Crippen molar-refractivity contribution in [3.63, 3.8) is 0 Å². The lowest BCUT2D eigenvalue weighted by Gasteiger charge is -2.22. The number of imide groups is 2. The average molecular weight is 508 g/mol. The molecule has 0 radical (unpaired) electrons. The summed E-state index contributed by atoms with van der Waals surface area (Å²) >= 11 is 0. The van der Waals surface area contributed by atoms with Crippen LogP contribution in [0.3, 0.4) is 0 Å². The van der Waals surface area contributed by atoms with E-state index in [4.69, 9.17) is 0 Å². The highest BCUT2D eigenvalue weighted by atomic mass is 19.4. The van der Waals surface area contributed by atoms with Crippen molar-refractivity contribution in [3.8, 4) is 0 Å². The van der Waals surface area contributed by atoms with Gasteiger partial charge in [0.25, 0.3) is 11.8 Å². The van der Waals surface area contributed by atoms with Crippen LogP contribution < -0.4 is 0 Å². The third kappa shape index (κ3) is 3.88. The zero-order valence-corrected chi connectivity index (χ0v) is 18.4. The molecule has 2 aliphatic heterocycles. The lowest BCUT2D eigenvalue weighted by atomic mass is 10.0. The first-order chi connectivity index (χ1) is 16.6. The van der Waals surface area contributed by atoms with Crippen LogP contribution in [0.5, 0.6) is 0 Å². The Morgan fingerprint density at radius 2 is 0.861 bits per heavy atom. The molecule has 2 heterocycles. The molecule has 36 heavy (non-hydrogen) atoms. The maximum Gasteiger partial charge on any atom is 0.416 e. The Morgan fingerprint density at radius 1 is 0.583 bits per heavy atom. The number of fused-ring (bicyclic) bond motifs is 1. The summed E-state index contributed by atoms with van der Waals surface area (Å²) in [7, 11) is 0. The van der Waals surface area contributed by atoms with Crippen LogP contribution in [-0.4, -0.2) is 33.4 Å². The monoisotopic (exact) mass is 508 g/mol. The van der Waals surface area contributed by atoms with Crippen molar-refractivity contribution in [1.29, 1.82) is 0 Å². The summed E-state index contributed by atoms with van der Waals surface area (Å²) in [6.45, 7) is 1.99. The molecule has 4 rings (SSSR count). The second-order valence-electron chi connectivity index (χ2n) is 7.92.